The second-order valence-corrected chi connectivity index (χ2v) is 6.33. The number of aromatic nitrogens is 1. The van der Waals surface area contributed by atoms with Gasteiger partial charge in [-0.3, -0.25) is 4.79 Å². The van der Waals surface area contributed by atoms with Crippen LogP contribution in [0.5, 0.6) is 0 Å². The number of nitrogens with zero attached hydrogens (tertiary/aromatic N) is 2. The second-order valence-electron chi connectivity index (χ2n) is 6.33. The van der Waals surface area contributed by atoms with Gasteiger partial charge in [0.2, 0.25) is 5.89 Å². The van der Waals surface area contributed by atoms with Gasteiger partial charge in [-0.2, -0.15) is 0 Å². The standard InChI is InChI=1S/C21H20N2O3/c1-25-14-20-22-18(13-26-20)21(24)23-11-5-8-17-12-16(9-10-19(17)23)15-6-3-2-4-7-15/h2-4,6-7,9-10,12-13H,5,8,11,14H2,1H3. The molecule has 1 aliphatic heterocycles. The van der Waals surface area contributed by atoms with Crippen LogP contribution in [0.15, 0.2) is 59.2 Å². The Bertz CT molecular complexity index is 918. The molecule has 2 aromatic carbocycles. The zero-order chi connectivity index (χ0) is 17.9. The Labute approximate surface area is 152 Å². The minimum atomic E-state index is -0.135. The fourth-order valence-electron chi connectivity index (χ4n) is 3.36. The van der Waals surface area contributed by atoms with Gasteiger partial charge in [-0.05, 0) is 41.7 Å². The fourth-order valence-corrected chi connectivity index (χ4v) is 3.36. The molecule has 0 saturated carbocycles. The number of carbonyl (C=O) groups excluding carboxylic acids is 1. The molecule has 5 nitrogen and oxygen atoms in total. The molecule has 0 unspecified atom stereocenters. The molecule has 1 aliphatic rings. The molecule has 0 atom stereocenters. The quantitative estimate of drug-likeness (QED) is 0.713. The maximum atomic E-state index is 12.9. The zero-order valence-electron chi connectivity index (χ0n) is 14.6. The molecule has 0 N–H and O–H groups in total. The maximum absolute atomic E-state index is 12.9. The van der Waals surface area contributed by atoms with E-state index in [0.717, 1.165) is 18.5 Å². The molecule has 3 aromatic rings. The molecule has 2 heterocycles. The smallest absolute Gasteiger partial charge is 0.280 e. The minimum absolute atomic E-state index is 0.135. The average Bonchev–Trinajstić information content (AvgIpc) is 3.16. The zero-order valence-corrected chi connectivity index (χ0v) is 14.6. The van der Waals surface area contributed by atoms with Gasteiger partial charge in [0.15, 0.2) is 5.69 Å². The summed E-state index contributed by atoms with van der Waals surface area (Å²) in [6, 6.07) is 16.6. The van der Waals surface area contributed by atoms with E-state index < -0.39 is 0 Å². The van der Waals surface area contributed by atoms with Gasteiger partial charge in [-0.1, -0.05) is 36.4 Å². The summed E-state index contributed by atoms with van der Waals surface area (Å²) >= 11 is 0. The van der Waals surface area contributed by atoms with Crippen LogP contribution in [0.3, 0.4) is 0 Å². The summed E-state index contributed by atoms with van der Waals surface area (Å²) in [5.41, 5.74) is 4.81. The van der Waals surface area contributed by atoms with Crippen LogP contribution in [0.4, 0.5) is 5.69 Å². The van der Waals surface area contributed by atoms with E-state index in [4.69, 9.17) is 9.15 Å². The Morgan fingerprint density at radius 1 is 1.19 bits per heavy atom. The summed E-state index contributed by atoms with van der Waals surface area (Å²) in [5.74, 6) is 0.275. The highest BCUT2D eigenvalue weighted by Gasteiger charge is 2.26. The number of aryl methyl sites for hydroxylation is 1. The third kappa shape index (κ3) is 3.13. The topological polar surface area (TPSA) is 55.6 Å². The van der Waals surface area contributed by atoms with Crippen LogP contribution < -0.4 is 4.90 Å². The van der Waals surface area contributed by atoms with Crippen molar-refractivity contribution in [1.82, 2.24) is 4.98 Å². The van der Waals surface area contributed by atoms with Crippen molar-refractivity contribution in [3.63, 3.8) is 0 Å². The number of benzene rings is 2. The van der Waals surface area contributed by atoms with Crippen molar-refractivity contribution in [3.8, 4) is 11.1 Å². The summed E-state index contributed by atoms with van der Waals surface area (Å²) in [7, 11) is 1.57. The van der Waals surface area contributed by atoms with Gasteiger partial charge in [0, 0.05) is 19.3 Å². The lowest BCUT2D eigenvalue weighted by molar-refractivity contribution is 0.0980. The van der Waals surface area contributed by atoms with Gasteiger partial charge in [-0.15, -0.1) is 0 Å². The van der Waals surface area contributed by atoms with Crippen molar-refractivity contribution in [2.24, 2.45) is 0 Å². The maximum Gasteiger partial charge on any atom is 0.280 e. The van der Waals surface area contributed by atoms with Gasteiger partial charge >= 0.3 is 0 Å². The lowest BCUT2D eigenvalue weighted by Gasteiger charge is -2.29. The van der Waals surface area contributed by atoms with E-state index in [2.05, 4.69) is 29.2 Å². The van der Waals surface area contributed by atoms with Gasteiger partial charge in [0.25, 0.3) is 5.91 Å². The minimum Gasteiger partial charge on any atom is -0.446 e. The molecule has 0 saturated heterocycles. The first-order valence-corrected chi connectivity index (χ1v) is 8.70. The number of oxazole rings is 1. The Kier molecular flexibility index (Phi) is 4.54. The molecular weight excluding hydrogens is 328 g/mol. The number of carbonyl (C=O) groups is 1. The molecular formula is C21H20N2O3. The number of anilines is 1. The molecule has 0 radical (unpaired) electrons. The average molecular weight is 348 g/mol. The number of amides is 1. The van der Waals surface area contributed by atoms with E-state index >= 15 is 0 Å². The normalized spacial score (nSPS) is 13.5. The van der Waals surface area contributed by atoms with Crippen LogP contribution in [0.25, 0.3) is 11.1 Å². The lowest BCUT2D eigenvalue weighted by Crippen LogP contribution is -2.35. The molecule has 0 fully saturated rings. The van der Waals surface area contributed by atoms with Crippen LogP contribution in [-0.4, -0.2) is 24.5 Å². The highest BCUT2D eigenvalue weighted by Crippen LogP contribution is 2.32. The van der Waals surface area contributed by atoms with Crippen molar-refractivity contribution < 1.29 is 13.9 Å². The molecule has 1 amide bonds. The van der Waals surface area contributed by atoms with Crippen LogP contribution in [-0.2, 0) is 17.8 Å². The SMILES string of the molecule is COCc1nc(C(=O)N2CCCc3cc(-c4ccccc4)ccc32)co1. The van der Waals surface area contributed by atoms with Crippen molar-refractivity contribution in [2.75, 3.05) is 18.6 Å². The van der Waals surface area contributed by atoms with E-state index in [1.54, 1.807) is 12.0 Å². The summed E-state index contributed by atoms with van der Waals surface area (Å²) in [6.07, 6.45) is 3.30. The van der Waals surface area contributed by atoms with Crippen molar-refractivity contribution in [3.05, 3.63) is 71.9 Å². The van der Waals surface area contributed by atoms with E-state index in [0.29, 0.717) is 18.1 Å². The number of methoxy groups -OCH3 is 1. The summed E-state index contributed by atoms with van der Waals surface area (Å²) in [6.45, 7) is 0.938. The third-order valence-electron chi connectivity index (χ3n) is 4.59. The van der Waals surface area contributed by atoms with Crippen LogP contribution in [0.2, 0.25) is 0 Å². The van der Waals surface area contributed by atoms with E-state index in [-0.39, 0.29) is 12.5 Å². The molecule has 1 aromatic heterocycles. The lowest BCUT2D eigenvalue weighted by atomic mass is 9.96. The Morgan fingerprint density at radius 2 is 2.04 bits per heavy atom. The van der Waals surface area contributed by atoms with Crippen LogP contribution >= 0.6 is 0 Å². The van der Waals surface area contributed by atoms with Crippen molar-refractivity contribution in [2.45, 2.75) is 19.4 Å². The monoisotopic (exact) mass is 348 g/mol. The van der Waals surface area contributed by atoms with Crippen LogP contribution in [0, 0.1) is 0 Å². The van der Waals surface area contributed by atoms with Gasteiger partial charge in [-0.25, -0.2) is 4.98 Å². The van der Waals surface area contributed by atoms with Crippen molar-refractivity contribution >= 4 is 11.6 Å². The molecule has 0 aliphatic carbocycles. The molecule has 0 bridgehead atoms. The van der Waals surface area contributed by atoms with Gasteiger partial charge in [0.05, 0.1) is 0 Å². The predicted molar refractivity (Wildman–Crippen MR) is 99.1 cm³/mol. The third-order valence-corrected chi connectivity index (χ3v) is 4.59. The first-order chi connectivity index (χ1) is 12.8. The molecule has 0 spiro atoms. The van der Waals surface area contributed by atoms with Crippen LogP contribution in [0.1, 0.15) is 28.4 Å². The number of ether oxygens (including phenoxy) is 1. The first kappa shape index (κ1) is 16.5. The first-order valence-electron chi connectivity index (χ1n) is 8.70. The Balaban J connectivity index is 1.63. The molecule has 5 heteroatoms. The number of rotatable bonds is 4. The van der Waals surface area contributed by atoms with E-state index in [1.807, 2.05) is 24.3 Å². The second kappa shape index (κ2) is 7.14. The summed E-state index contributed by atoms with van der Waals surface area (Å²) in [5, 5.41) is 0. The van der Waals surface area contributed by atoms with E-state index in [9.17, 15) is 4.79 Å². The van der Waals surface area contributed by atoms with Gasteiger partial charge in [0.1, 0.15) is 12.9 Å². The Hall–Kier alpha value is -2.92. The van der Waals surface area contributed by atoms with Crippen molar-refractivity contribution in [1.29, 1.82) is 0 Å². The highest BCUT2D eigenvalue weighted by molar-refractivity contribution is 6.05. The Morgan fingerprint density at radius 3 is 2.85 bits per heavy atom. The molecule has 26 heavy (non-hydrogen) atoms. The van der Waals surface area contributed by atoms with E-state index in [1.165, 1.54) is 23.0 Å². The summed E-state index contributed by atoms with van der Waals surface area (Å²) < 4.78 is 10.3. The molecule has 132 valence electrons. The van der Waals surface area contributed by atoms with Gasteiger partial charge < -0.3 is 14.1 Å². The fraction of sp³-hybridized carbons (Fsp3) is 0.238. The number of hydrogen-bond acceptors (Lipinski definition) is 4. The highest BCUT2D eigenvalue weighted by atomic mass is 16.5. The largest absolute Gasteiger partial charge is 0.446 e. The molecule has 4 rings (SSSR count). The predicted octanol–water partition coefficient (Wildman–Crippen LogP) is 4.08. The number of fused-ring (bicyclic) bond motifs is 1. The number of hydrogen-bond donors (Lipinski definition) is 0. The summed E-state index contributed by atoms with van der Waals surface area (Å²) in [4.78, 5) is 18.9.